The Morgan fingerprint density at radius 3 is 2.43 bits per heavy atom. The van der Waals surface area contributed by atoms with Crippen molar-refractivity contribution < 1.29 is 14.5 Å². The lowest BCUT2D eigenvalue weighted by Gasteiger charge is -2.10. The fourth-order valence-corrected chi connectivity index (χ4v) is 2.89. The summed E-state index contributed by atoms with van der Waals surface area (Å²) in [5.74, 6) is 0.0307. The van der Waals surface area contributed by atoms with Crippen molar-refractivity contribution in [3.63, 3.8) is 0 Å². The third-order valence-electron chi connectivity index (χ3n) is 4.11. The van der Waals surface area contributed by atoms with Gasteiger partial charge in [0.2, 0.25) is 5.75 Å². The number of para-hydroxylation sites is 1. The van der Waals surface area contributed by atoms with Crippen LogP contribution < -0.4 is 10.1 Å². The summed E-state index contributed by atoms with van der Waals surface area (Å²) in [6.07, 6.45) is 0. The average Bonchev–Trinajstić information content (AvgIpc) is 2.66. The number of nitro benzene ring substituents is 1. The molecule has 6 nitrogen and oxygen atoms in total. The molecule has 0 saturated heterocycles. The highest BCUT2D eigenvalue weighted by molar-refractivity contribution is 6.32. The molecule has 3 aromatic carbocycles. The van der Waals surface area contributed by atoms with Crippen LogP contribution in [0.5, 0.6) is 11.5 Å². The van der Waals surface area contributed by atoms with Gasteiger partial charge in [0.25, 0.3) is 5.91 Å². The molecule has 1 N–H and O–H groups in total. The SMILES string of the molecule is Cc1ccc(NC(=O)c2ccc(Oc3c(Cl)cccc3[N+](=O)[O-])cc2)c(C)c1. The predicted molar refractivity (Wildman–Crippen MR) is 108 cm³/mol. The molecule has 0 heterocycles. The van der Waals surface area contributed by atoms with Gasteiger partial charge in [-0.05, 0) is 55.8 Å². The van der Waals surface area contributed by atoms with Gasteiger partial charge in [-0.3, -0.25) is 14.9 Å². The largest absolute Gasteiger partial charge is 0.449 e. The first kappa shape index (κ1) is 19.4. The molecule has 0 spiro atoms. The monoisotopic (exact) mass is 396 g/mol. The lowest BCUT2D eigenvalue weighted by atomic mass is 10.1. The number of carbonyl (C=O) groups excluding carboxylic acids is 1. The van der Waals surface area contributed by atoms with E-state index in [0.29, 0.717) is 11.3 Å². The van der Waals surface area contributed by atoms with Crippen molar-refractivity contribution in [1.29, 1.82) is 0 Å². The highest BCUT2D eigenvalue weighted by atomic mass is 35.5. The van der Waals surface area contributed by atoms with Gasteiger partial charge in [0, 0.05) is 17.3 Å². The van der Waals surface area contributed by atoms with E-state index >= 15 is 0 Å². The summed E-state index contributed by atoms with van der Waals surface area (Å²) in [6.45, 7) is 3.91. The van der Waals surface area contributed by atoms with Crippen LogP contribution in [0.25, 0.3) is 0 Å². The molecule has 0 fully saturated rings. The summed E-state index contributed by atoms with van der Waals surface area (Å²) >= 11 is 6.03. The molecule has 0 aliphatic carbocycles. The van der Waals surface area contributed by atoms with Crippen LogP contribution in [0.4, 0.5) is 11.4 Å². The number of hydrogen-bond acceptors (Lipinski definition) is 4. The van der Waals surface area contributed by atoms with E-state index in [4.69, 9.17) is 16.3 Å². The van der Waals surface area contributed by atoms with Crippen molar-refractivity contribution in [2.24, 2.45) is 0 Å². The number of anilines is 1. The molecule has 3 aromatic rings. The number of halogens is 1. The lowest BCUT2D eigenvalue weighted by Crippen LogP contribution is -2.12. The Labute approximate surface area is 166 Å². The molecule has 0 aliphatic heterocycles. The van der Waals surface area contributed by atoms with E-state index in [0.717, 1.165) is 16.8 Å². The van der Waals surface area contributed by atoms with Crippen LogP contribution in [0.2, 0.25) is 5.02 Å². The van der Waals surface area contributed by atoms with Gasteiger partial charge in [0.1, 0.15) is 5.75 Å². The maximum absolute atomic E-state index is 12.5. The Kier molecular flexibility index (Phi) is 5.61. The number of ether oxygens (including phenoxy) is 1. The third kappa shape index (κ3) is 4.29. The van der Waals surface area contributed by atoms with Crippen molar-refractivity contribution in [3.8, 4) is 11.5 Å². The van der Waals surface area contributed by atoms with Gasteiger partial charge in [-0.15, -0.1) is 0 Å². The van der Waals surface area contributed by atoms with E-state index in [1.807, 2.05) is 32.0 Å². The standard InChI is InChI=1S/C21H17ClN2O4/c1-13-6-11-18(14(2)12-13)23-21(25)15-7-9-16(10-8-15)28-20-17(22)4-3-5-19(20)24(26)27/h3-12H,1-2H3,(H,23,25). The number of carbonyl (C=O) groups is 1. The van der Waals surface area contributed by atoms with Crippen molar-refractivity contribution in [3.05, 3.63) is 92.5 Å². The second kappa shape index (κ2) is 8.10. The van der Waals surface area contributed by atoms with Gasteiger partial charge in [-0.25, -0.2) is 0 Å². The first-order valence-corrected chi connectivity index (χ1v) is 8.82. The van der Waals surface area contributed by atoms with Gasteiger partial charge in [0.05, 0.1) is 9.95 Å². The number of rotatable bonds is 5. The number of hydrogen-bond donors (Lipinski definition) is 1. The van der Waals surface area contributed by atoms with Crippen LogP contribution in [0.15, 0.2) is 60.7 Å². The van der Waals surface area contributed by atoms with Crippen LogP contribution in [-0.2, 0) is 0 Å². The molecule has 142 valence electrons. The Balaban J connectivity index is 1.77. The Morgan fingerprint density at radius 1 is 1.07 bits per heavy atom. The number of aryl methyl sites for hydroxylation is 2. The molecule has 0 saturated carbocycles. The Bertz CT molecular complexity index is 1050. The molecule has 1 amide bonds. The van der Waals surface area contributed by atoms with Gasteiger partial charge in [-0.2, -0.15) is 0 Å². The summed E-state index contributed by atoms with van der Waals surface area (Å²) in [5, 5.41) is 14.1. The zero-order valence-corrected chi connectivity index (χ0v) is 16.0. The highest BCUT2D eigenvalue weighted by Crippen LogP contribution is 2.37. The van der Waals surface area contributed by atoms with Crippen molar-refractivity contribution in [1.82, 2.24) is 0 Å². The van der Waals surface area contributed by atoms with Crippen LogP contribution in [0.3, 0.4) is 0 Å². The predicted octanol–water partition coefficient (Wildman–Crippen LogP) is 5.91. The van der Waals surface area contributed by atoms with Gasteiger partial charge in [-0.1, -0.05) is 35.4 Å². The first-order chi connectivity index (χ1) is 13.3. The molecule has 3 rings (SSSR count). The zero-order chi connectivity index (χ0) is 20.3. The summed E-state index contributed by atoms with van der Waals surface area (Å²) in [7, 11) is 0. The molecule has 0 aliphatic rings. The molecule has 0 unspecified atom stereocenters. The fourth-order valence-electron chi connectivity index (χ4n) is 2.68. The van der Waals surface area contributed by atoms with E-state index in [9.17, 15) is 14.9 Å². The lowest BCUT2D eigenvalue weighted by molar-refractivity contribution is -0.385. The van der Waals surface area contributed by atoms with E-state index < -0.39 is 4.92 Å². The minimum absolute atomic E-state index is 0.0401. The number of benzene rings is 3. The molecular weight excluding hydrogens is 380 g/mol. The van der Waals surface area contributed by atoms with E-state index in [1.54, 1.807) is 24.3 Å². The Hall–Kier alpha value is -3.38. The maximum atomic E-state index is 12.5. The summed E-state index contributed by atoms with van der Waals surface area (Å²) in [4.78, 5) is 23.0. The Morgan fingerprint density at radius 2 is 1.79 bits per heavy atom. The third-order valence-corrected chi connectivity index (χ3v) is 4.41. The van der Waals surface area contributed by atoms with Crippen LogP contribution in [0.1, 0.15) is 21.5 Å². The van der Waals surface area contributed by atoms with Crippen LogP contribution in [-0.4, -0.2) is 10.8 Å². The maximum Gasteiger partial charge on any atom is 0.313 e. The normalized spacial score (nSPS) is 10.4. The van der Waals surface area contributed by atoms with Crippen LogP contribution >= 0.6 is 11.6 Å². The molecule has 0 bridgehead atoms. The number of amides is 1. The molecular formula is C21H17ClN2O4. The van der Waals surface area contributed by atoms with Crippen LogP contribution in [0, 0.1) is 24.0 Å². The summed E-state index contributed by atoms with van der Waals surface area (Å²) in [5.41, 5.74) is 3.03. The number of nitrogens with zero attached hydrogens (tertiary/aromatic N) is 1. The van der Waals surface area contributed by atoms with E-state index in [-0.39, 0.29) is 22.4 Å². The summed E-state index contributed by atoms with van der Waals surface area (Å²) in [6, 6.07) is 16.4. The second-order valence-electron chi connectivity index (χ2n) is 6.24. The van der Waals surface area contributed by atoms with Crippen molar-refractivity contribution >= 4 is 28.9 Å². The topological polar surface area (TPSA) is 81.5 Å². The molecule has 0 atom stereocenters. The van der Waals surface area contributed by atoms with Gasteiger partial charge in [0.15, 0.2) is 0 Å². The zero-order valence-electron chi connectivity index (χ0n) is 15.2. The average molecular weight is 397 g/mol. The van der Waals surface area contributed by atoms with Gasteiger partial charge >= 0.3 is 5.69 Å². The fraction of sp³-hybridized carbons (Fsp3) is 0.0952. The minimum Gasteiger partial charge on any atom is -0.449 e. The highest BCUT2D eigenvalue weighted by Gasteiger charge is 2.19. The minimum atomic E-state index is -0.563. The van der Waals surface area contributed by atoms with Gasteiger partial charge < -0.3 is 10.1 Å². The molecule has 0 aromatic heterocycles. The number of nitrogens with one attached hydrogen (secondary N) is 1. The smallest absolute Gasteiger partial charge is 0.313 e. The molecule has 0 radical (unpaired) electrons. The van der Waals surface area contributed by atoms with E-state index in [1.165, 1.54) is 18.2 Å². The first-order valence-electron chi connectivity index (χ1n) is 8.44. The van der Waals surface area contributed by atoms with Crippen molar-refractivity contribution in [2.75, 3.05) is 5.32 Å². The molecule has 7 heteroatoms. The quantitative estimate of drug-likeness (QED) is 0.429. The van der Waals surface area contributed by atoms with Crippen molar-refractivity contribution in [2.45, 2.75) is 13.8 Å². The van der Waals surface area contributed by atoms with E-state index in [2.05, 4.69) is 5.32 Å². The number of nitro groups is 1. The molecule has 28 heavy (non-hydrogen) atoms. The second-order valence-corrected chi connectivity index (χ2v) is 6.65. The summed E-state index contributed by atoms with van der Waals surface area (Å²) < 4.78 is 5.58.